The standard InChI is InChI=1S/C12H24N2/c1-4-5-6-7-8-9-12-13(2)10-11-14(12)3/h10-12H,4-9H2,1-3H3. The Hall–Kier alpha value is -0.660. The lowest BCUT2D eigenvalue weighted by Crippen LogP contribution is -2.33. The third-order valence-electron chi connectivity index (χ3n) is 3.04. The molecule has 2 nitrogen and oxygen atoms in total. The van der Waals surface area contributed by atoms with Gasteiger partial charge >= 0.3 is 0 Å². The van der Waals surface area contributed by atoms with Crippen molar-refractivity contribution in [2.45, 2.75) is 51.6 Å². The van der Waals surface area contributed by atoms with Gasteiger partial charge in [0.2, 0.25) is 0 Å². The first-order valence-electron chi connectivity index (χ1n) is 5.88. The molecule has 0 radical (unpaired) electrons. The van der Waals surface area contributed by atoms with Crippen molar-refractivity contribution in [1.29, 1.82) is 0 Å². The molecule has 0 aliphatic carbocycles. The van der Waals surface area contributed by atoms with Crippen molar-refractivity contribution in [2.24, 2.45) is 0 Å². The molecule has 0 fully saturated rings. The van der Waals surface area contributed by atoms with E-state index in [2.05, 4.69) is 43.2 Å². The summed E-state index contributed by atoms with van der Waals surface area (Å²) < 4.78 is 0. The average Bonchev–Trinajstić information content (AvgIpc) is 2.48. The fourth-order valence-corrected chi connectivity index (χ4v) is 2.03. The van der Waals surface area contributed by atoms with E-state index >= 15 is 0 Å². The molecule has 0 atom stereocenters. The van der Waals surface area contributed by atoms with Crippen molar-refractivity contribution in [1.82, 2.24) is 9.80 Å². The van der Waals surface area contributed by atoms with Crippen molar-refractivity contribution < 1.29 is 0 Å². The molecule has 14 heavy (non-hydrogen) atoms. The van der Waals surface area contributed by atoms with Gasteiger partial charge in [0.15, 0.2) is 0 Å². The van der Waals surface area contributed by atoms with Gasteiger partial charge in [-0.15, -0.1) is 0 Å². The number of hydrogen-bond donors (Lipinski definition) is 0. The molecular weight excluding hydrogens is 172 g/mol. The quantitative estimate of drug-likeness (QED) is 0.602. The minimum absolute atomic E-state index is 0.608. The van der Waals surface area contributed by atoms with Crippen LogP contribution in [0.25, 0.3) is 0 Å². The highest BCUT2D eigenvalue weighted by Crippen LogP contribution is 2.18. The van der Waals surface area contributed by atoms with Crippen LogP contribution in [-0.2, 0) is 0 Å². The fraction of sp³-hybridized carbons (Fsp3) is 0.833. The Kier molecular flexibility index (Phi) is 4.85. The summed E-state index contributed by atoms with van der Waals surface area (Å²) in [5, 5.41) is 0. The van der Waals surface area contributed by atoms with Crippen molar-refractivity contribution >= 4 is 0 Å². The first-order valence-corrected chi connectivity index (χ1v) is 5.88. The zero-order chi connectivity index (χ0) is 10.4. The first kappa shape index (κ1) is 11.4. The summed E-state index contributed by atoms with van der Waals surface area (Å²) in [5.74, 6) is 0. The van der Waals surface area contributed by atoms with Crippen molar-refractivity contribution in [3.05, 3.63) is 12.4 Å². The van der Waals surface area contributed by atoms with E-state index in [-0.39, 0.29) is 0 Å². The van der Waals surface area contributed by atoms with Gasteiger partial charge in [-0.1, -0.05) is 32.6 Å². The summed E-state index contributed by atoms with van der Waals surface area (Å²) in [6.45, 7) is 2.27. The molecule has 0 unspecified atom stereocenters. The summed E-state index contributed by atoms with van der Waals surface area (Å²) in [6.07, 6.45) is 13.1. The normalized spacial score (nSPS) is 17.1. The second-order valence-electron chi connectivity index (χ2n) is 4.31. The molecule has 0 aromatic heterocycles. The van der Waals surface area contributed by atoms with Gasteiger partial charge < -0.3 is 9.80 Å². The first-order chi connectivity index (χ1) is 6.75. The van der Waals surface area contributed by atoms with Crippen LogP contribution < -0.4 is 0 Å². The molecule has 82 valence electrons. The van der Waals surface area contributed by atoms with E-state index in [0.29, 0.717) is 6.17 Å². The topological polar surface area (TPSA) is 6.48 Å². The maximum atomic E-state index is 2.31. The predicted octanol–water partition coefficient (Wildman–Crippen LogP) is 3.02. The molecule has 0 saturated carbocycles. The summed E-state index contributed by atoms with van der Waals surface area (Å²) in [5.41, 5.74) is 0. The highest BCUT2D eigenvalue weighted by molar-refractivity contribution is 4.93. The number of nitrogens with zero attached hydrogens (tertiary/aromatic N) is 2. The highest BCUT2D eigenvalue weighted by Gasteiger charge is 2.18. The van der Waals surface area contributed by atoms with Gasteiger partial charge in [-0.2, -0.15) is 0 Å². The van der Waals surface area contributed by atoms with Gasteiger partial charge in [-0.25, -0.2) is 0 Å². The summed E-state index contributed by atoms with van der Waals surface area (Å²) in [6, 6.07) is 0. The van der Waals surface area contributed by atoms with Crippen molar-refractivity contribution in [3.8, 4) is 0 Å². The van der Waals surface area contributed by atoms with E-state index < -0.39 is 0 Å². The fourth-order valence-electron chi connectivity index (χ4n) is 2.03. The Bertz CT molecular complexity index is 165. The van der Waals surface area contributed by atoms with Gasteiger partial charge in [-0.3, -0.25) is 0 Å². The molecule has 1 heterocycles. The molecule has 0 bridgehead atoms. The van der Waals surface area contributed by atoms with E-state index in [4.69, 9.17) is 0 Å². The van der Waals surface area contributed by atoms with Crippen LogP contribution in [0.15, 0.2) is 12.4 Å². The Labute approximate surface area is 88.6 Å². The molecule has 0 aromatic rings. The maximum Gasteiger partial charge on any atom is 0.100 e. The molecule has 2 heteroatoms. The van der Waals surface area contributed by atoms with Gasteiger partial charge in [-0.05, 0) is 12.8 Å². The van der Waals surface area contributed by atoms with E-state index in [9.17, 15) is 0 Å². The van der Waals surface area contributed by atoms with Crippen LogP contribution in [0.3, 0.4) is 0 Å². The average molecular weight is 196 g/mol. The Morgan fingerprint density at radius 1 is 0.929 bits per heavy atom. The minimum Gasteiger partial charge on any atom is -0.359 e. The number of unbranched alkanes of at least 4 members (excludes halogenated alkanes) is 4. The molecule has 1 rings (SSSR count). The van der Waals surface area contributed by atoms with Crippen LogP contribution >= 0.6 is 0 Å². The third-order valence-corrected chi connectivity index (χ3v) is 3.04. The van der Waals surface area contributed by atoms with E-state index in [1.807, 2.05) is 0 Å². The molecule has 0 spiro atoms. The second kappa shape index (κ2) is 5.94. The van der Waals surface area contributed by atoms with Crippen LogP contribution in [0, 0.1) is 0 Å². The maximum absolute atomic E-state index is 2.31. The third kappa shape index (κ3) is 3.24. The zero-order valence-corrected chi connectivity index (χ0v) is 9.87. The van der Waals surface area contributed by atoms with Crippen LogP contribution in [0.4, 0.5) is 0 Å². The summed E-state index contributed by atoms with van der Waals surface area (Å²) in [4.78, 5) is 4.61. The SMILES string of the molecule is CCCCCCCC1N(C)C=CN1C. The van der Waals surface area contributed by atoms with Crippen LogP contribution in [0.2, 0.25) is 0 Å². The van der Waals surface area contributed by atoms with Gasteiger partial charge in [0, 0.05) is 26.5 Å². The number of rotatable bonds is 6. The van der Waals surface area contributed by atoms with Crippen LogP contribution in [0.5, 0.6) is 0 Å². The summed E-state index contributed by atoms with van der Waals surface area (Å²) in [7, 11) is 4.33. The molecule has 1 aliphatic heterocycles. The van der Waals surface area contributed by atoms with Crippen LogP contribution in [-0.4, -0.2) is 30.1 Å². The molecule has 0 saturated heterocycles. The number of hydrogen-bond acceptors (Lipinski definition) is 2. The van der Waals surface area contributed by atoms with Gasteiger partial charge in [0.1, 0.15) is 6.17 Å². The molecular formula is C12H24N2. The largest absolute Gasteiger partial charge is 0.359 e. The minimum atomic E-state index is 0.608. The zero-order valence-electron chi connectivity index (χ0n) is 9.87. The Morgan fingerprint density at radius 3 is 2.07 bits per heavy atom. The molecule has 1 aliphatic rings. The Balaban J connectivity index is 2.06. The summed E-state index contributed by atoms with van der Waals surface area (Å²) >= 11 is 0. The molecule has 0 amide bonds. The Morgan fingerprint density at radius 2 is 1.50 bits per heavy atom. The smallest absolute Gasteiger partial charge is 0.100 e. The van der Waals surface area contributed by atoms with Crippen molar-refractivity contribution in [2.75, 3.05) is 14.1 Å². The van der Waals surface area contributed by atoms with Crippen LogP contribution in [0.1, 0.15) is 45.4 Å². The predicted molar refractivity (Wildman–Crippen MR) is 61.8 cm³/mol. The lowest BCUT2D eigenvalue weighted by Gasteiger charge is -2.27. The van der Waals surface area contributed by atoms with E-state index in [1.54, 1.807) is 0 Å². The van der Waals surface area contributed by atoms with E-state index in [1.165, 1.54) is 38.5 Å². The highest BCUT2D eigenvalue weighted by atomic mass is 15.4. The van der Waals surface area contributed by atoms with Crippen molar-refractivity contribution in [3.63, 3.8) is 0 Å². The molecule has 0 N–H and O–H groups in total. The van der Waals surface area contributed by atoms with Gasteiger partial charge in [0.25, 0.3) is 0 Å². The lowest BCUT2D eigenvalue weighted by molar-refractivity contribution is 0.188. The monoisotopic (exact) mass is 196 g/mol. The molecule has 0 aromatic carbocycles. The van der Waals surface area contributed by atoms with Gasteiger partial charge in [0.05, 0.1) is 0 Å². The van der Waals surface area contributed by atoms with E-state index in [0.717, 1.165) is 0 Å². The lowest BCUT2D eigenvalue weighted by atomic mass is 10.1. The second-order valence-corrected chi connectivity index (χ2v) is 4.31.